The van der Waals surface area contributed by atoms with Crippen LogP contribution >= 0.6 is 34.4 Å². The number of rotatable bonds is 10. The van der Waals surface area contributed by atoms with Crippen molar-refractivity contribution in [2.75, 3.05) is 11.1 Å². The number of amides is 1. The predicted molar refractivity (Wildman–Crippen MR) is 134 cm³/mol. The first-order valence-corrected chi connectivity index (χ1v) is 12.0. The summed E-state index contributed by atoms with van der Waals surface area (Å²) in [7, 11) is 0. The monoisotopic (exact) mass is 548 g/mol. The maximum atomic E-state index is 12.3. The van der Waals surface area contributed by atoms with Crippen LogP contribution in [0, 0.1) is 3.57 Å². The first-order valence-electron chi connectivity index (χ1n) is 9.90. The van der Waals surface area contributed by atoms with Crippen LogP contribution in [-0.4, -0.2) is 26.4 Å². The van der Waals surface area contributed by atoms with E-state index in [0.29, 0.717) is 23.4 Å². The molecule has 3 rings (SSSR count). The lowest BCUT2D eigenvalue weighted by molar-refractivity contribution is -0.113. The Kier molecular flexibility index (Phi) is 8.53. The number of nitrogens with zero attached hydrogens (tertiary/aromatic N) is 3. The van der Waals surface area contributed by atoms with E-state index in [2.05, 4.69) is 70.7 Å². The van der Waals surface area contributed by atoms with Crippen LogP contribution in [-0.2, 0) is 17.9 Å². The molecule has 0 fully saturated rings. The van der Waals surface area contributed by atoms with Crippen LogP contribution in [0.4, 0.5) is 5.69 Å². The van der Waals surface area contributed by atoms with Gasteiger partial charge in [0.25, 0.3) is 0 Å². The lowest BCUT2D eigenvalue weighted by atomic mass is 10.0. The summed E-state index contributed by atoms with van der Waals surface area (Å²) in [5.41, 5.74) is 2.04. The molecule has 6 nitrogen and oxygen atoms in total. The number of carbonyl (C=O) groups excluding carboxylic acids is 1. The minimum atomic E-state index is -0.0950. The topological polar surface area (TPSA) is 69.0 Å². The zero-order valence-electron chi connectivity index (χ0n) is 17.5. The average molecular weight is 548 g/mol. The highest BCUT2D eigenvalue weighted by Gasteiger charge is 2.14. The second-order valence-electron chi connectivity index (χ2n) is 7.15. The molecule has 1 heterocycles. The molecule has 1 amide bonds. The molecule has 8 heteroatoms. The fourth-order valence-electron chi connectivity index (χ4n) is 2.80. The van der Waals surface area contributed by atoms with E-state index in [9.17, 15) is 4.79 Å². The smallest absolute Gasteiger partial charge is 0.234 e. The summed E-state index contributed by atoms with van der Waals surface area (Å²) >= 11 is 3.57. The second-order valence-corrected chi connectivity index (χ2v) is 9.34. The van der Waals surface area contributed by atoms with Gasteiger partial charge in [0.15, 0.2) is 11.0 Å². The van der Waals surface area contributed by atoms with Crippen LogP contribution < -0.4 is 10.1 Å². The molecule has 0 unspecified atom stereocenters. The summed E-state index contributed by atoms with van der Waals surface area (Å²) in [5, 5.41) is 12.0. The number of halogens is 1. The molecule has 0 saturated heterocycles. The van der Waals surface area contributed by atoms with Gasteiger partial charge in [-0.25, -0.2) is 0 Å². The Morgan fingerprint density at radius 1 is 1.19 bits per heavy atom. The van der Waals surface area contributed by atoms with Crippen LogP contribution in [0.1, 0.15) is 31.2 Å². The maximum absolute atomic E-state index is 12.3. The average Bonchev–Trinajstić information content (AvgIpc) is 3.14. The Bertz CT molecular complexity index is 1020. The molecule has 162 valence electrons. The van der Waals surface area contributed by atoms with Gasteiger partial charge in [-0.15, -0.1) is 16.8 Å². The summed E-state index contributed by atoms with van der Waals surface area (Å²) < 4.78 is 8.93. The van der Waals surface area contributed by atoms with Crippen molar-refractivity contribution in [1.82, 2.24) is 14.8 Å². The van der Waals surface area contributed by atoms with Crippen molar-refractivity contribution in [1.29, 1.82) is 0 Å². The van der Waals surface area contributed by atoms with Gasteiger partial charge in [-0.05, 0) is 70.5 Å². The Morgan fingerprint density at radius 2 is 1.90 bits per heavy atom. The Hall–Kier alpha value is -2.33. The Balaban J connectivity index is 1.59. The number of allylic oxidation sites excluding steroid dienone is 1. The van der Waals surface area contributed by atoms with Crippen LogP contribution in [0.2, 0.25) is 0 Å². The fraction of sp³-hybridized carbons (Fsp3) is 0.261. The molecule has 3 aromatic rings. The molecule has 0 aliphatic rings. The molecule has 0 atom stereocenters. The van der Waals surface area contributed by atoms with Gasteiger partial charge in [0.2, 0.25) is 5.91 Å². The number of ether oxygens (including phenoxy) is 1. The Morgan fingerprint density at radius 3 is 2.55 bits per heavy atom. The van der Waals surface area contributed by atoms with E-state index in [1.807, 2.05) is 41.0 Å². The third kappa shape index (κ3) is 6.83. The maximum Gasteiger partial charge on any atom is 0.234 e. The summed E-state index contributed by atoms with van der Waals surface area (Å²) in [6.45, 7) is 8.96. The van der Waals surface area contributed by atoms with Crippen molar-refractivity contribution in [3.05, 3.63) is 76.1 Å². The van der Waals surface area contributed by atoms with E-state index in [1.165, 1.54) is 17.3 Å². The fourth-order valence-corrected chi connectivity index (χ4v) is 3.93. The van der Waals surface area contributed by atoms with Gasteiger partial charge < -0.3 is 10.1 Å². The lowest BCUT2D eigenvalue weighted by Gasteiger charge is -2.10. The molecular formula is C23H25IN4O2S. The molecule has 1 aromatic heterocycles. The molecule has 0 spiro atoms. The van der Waals surface area contributed by atoms with Gasteiger partial charge in [0, 0.05) is 15.8 Å². The number of anilines is 1. The molecule has 2 aromatic carbocycles. The summed E-state index contributed by atoms with van der Waals surface area (Å²) in [6, 6.07) is 15.7. The van der Waals surface area contributed by atoms with Gasteiger partial charge >= 0.3 is 0 Å². The van der Waals surface area contributed by atoms with E-state index >= 15 is 0 Å². The van der Waals surface area contributed by atoms with Crippen molar-refractivity contribution in [3.8, 4) is 5.75 Å². The van der Waals surface area contributed by atoms with Gasteiger partial charge in [-0.1, -0.05) is 43.8 Å². The van der Waals surface area contributed by atoms with Crippen molar-refractivity contribution in [2.45, 2.75) is 38.1 Å². The first kappa shape index (κ1) is 23.3. The highest BCUT2D eigenvalue weighted by molar-refractivity contribution is 14.1. The van der Waals surface area contributed by atoms with Gasteiger partial charge in [0.1, 0.15) is 12.4 Å². The number of nitrogens with one attached hydrogen (secondary N) is 1. The molecule has 1 N–H and O–H groups in total. The van der Waals surface area contributed by atoms with E-state index in [1.54, 1.807) is 6.08 Å². The minimum absolute atomic E-state index is 0.0950. The standard InChI is InChI=1S/C23H25IN4O2S/c1-4-13-28-21(14-30-20-11-5-17(6-12-20)16(2)3)26-27-23(28)31-15-22(29)25-19-9-7-18(24)8-10-19/h4-12,16H,1,13-15H2,2-3H3,(H,25,29). The minimum Gasteiger partial charge on any atom is -0.486 e. The van der Waals surface area contributed by atoms with Gasteiger partial charge in [-0.2, -0.15) is 0 Å². The van der Waals surface area contributed by atoms with Crippen molar-refractivity contribution in [2.24, 2.45) is 0 Å². The third-order valence-electron chi connectivity index (χ3n) is 4.48. The van der Waals surface area contributed by atoms with E-state index in [0.717, 1.165) is 15.0 Å². The normalized spacial score (nSPS) is 10.8. The zero-order valence-corrected chi connectivity index (χ0v) is 20.5. The van der Waals surface area contributed by atoms with Gasteiger partial charge in [-0.3, -0.25) is 9.36 Å². The second kappa shape index (κ2) is 11.3. The number of hydrogen-bond acceptors (Lipinski definition) is 5. The number of hydrogen-bond donors (Lipinski definition) is 1. The number of aromatic nitrogens is 3. The number of carbonyl (C=O) groups is 1. The van der Waals surface area contributed by atoms with Crippen molar-refractivity contribution in [3.63, 3.8) is 0 Å². The van der Waals surface area contributed by atoms with Crippen LogP contribution in [0.3, 0.4) is 0 Å². The zero-order chi connectivity index (χ0) is 22.2. The lowest BCUT2D eigenvalue weighted by Crippen LogP contribution is -2.15. The molecule has 0 aliphatic heterocycles. The molecular weight excluding hydrogens is 523 g/mol. The SMILES string of the molecule is C=CCn1c(COc2ccc(C(C)C)cc2)nnc1SCC(=O)Nc1ccc(I)cc1. The van der Waals surface area contributed by atoms with E-state index in [-0.39, 0.29) is 18.3 Å². The highest BCUT2D eigenvalue weighted by atomic mass is 127. The first-order chi connectivity index (χ1) is 15.0. The van der Waals surface area contributed by atoms with Crippen LogP contribution in [0.25, 0.3) is 0 Å². The van der Waals surface area contributed by atoms with Crippen molar-refractivity contribution >= 4 is 45.9 Å². The molecule has 0 aliphatic carbocycles. The third-order valence-corrected chi connectivity index (χ3v) is 6.17. The van der Waals surface area contributed by atoms with E-state index < -0.39 is 0 Å². The van der Waals surface area contributed by atoms with Crippen molar-refractivity contribution < 1.29 is 9.53 Å². The predicted octanol–water partition coefficient (Wildman–Crippen LogP) is 5.50. The molecule has 0 bridgehead atoms. The molecule has 31 heavy (non-hydrogen) atoms. The molecule has 0 saturated carbocycles. The van der Waals surface area contributed by atoms with Crippen LogP contribution in [0.15, 0.2) is 66.3 Å². The quantitative estimate of drug-likeness (QED) is 0.206. The summed E-state index contributed by atoms with van der Waals surface area (Å²) in [5.74, 6) is 2.09. The summed E-state index contributed by atoms with van der Waals surface area (Å²) in [4.78, 5) is 12.3. The van der Waals surface area contributed by atoms with Crippen LogP contribution in [0.5, 0.6) is 5.75 Å². The summed E-state index contributed by atoms with van der Waals surface area (Å²) in [6.07, 6.45) is 1.78. The van der Waals surface area contributed by atoms with Gasteiger partial charge in [0.05, 0.1) is 5.75 Å². The largest absolute Gasteiger partial charge is 0.486 e. The number of thioether (sulfide) groups is 1. The Labute approximate surface area is 200 Å². The van der Waals surface area contributed by atoms with E-state index in [4.69, 9.17) is 4.74 Å². The molecule has 0 radical (unpaired) electrons. The number of benzene rings is 2. The highest BCUT2D eigenvalue weighted by Crippen LogP contribution is 2.21.